The number of carbonyl (C=O) groups excluding carboxylic acids is 3. The second kappa shape index (κ2) is 17.0. The molecule has 0 saturated carbocycles. The Hall–Kier alpha value is -6.71. The Morgan fingerprint density at radius 2 is 1.61 bits per heavy atom. The number of amides is 3. The molecule has 0 unspecified atom stereocenters. The number of nitrogens with one attached hydrogen (secondary N) is 4. The smallest absolute Gasteiger partial charge is 0.253 e. The van der Waals surface area contributed by atoms with Crippen molar-refractivity contribution in [3.8, 4) is 16.1 Å². The molecule has 4 N–H and O–H groups in total. The number of nitrogens with zero attached hydrogens (tertiary/aromatic N) is 6. The van der Waals surface area contributed by atoms with Gasteiger partial charge < -0.3 is 20.9 Å². The van der Waals surface area contributed by atoms with Crippen LogP contribution in [0.5, 0.6) is 0 Å². The van der Waals surface area contributed by atoms with Crippen molar-refractivity contribution in [2.24, 2.45) is 4.99 Å². The number of carbonyl (C=O) groups is 3. The first-order valence-electron chi connectivity index (χ1n) is 20.2. The summed E-state index contributed by atoms with van der Waals surface area (Å²) in [6.45, 7) is 13.5. The zero-order chi connectivity index (χ0) is 44.0. The summed E-state index contributed by atoms with van der Waals surface area (Å²) in [5.74, 6) is 0.109. The van der Waals surface area contributed by atoms with Gasteiger partial charge in [0.2, 0.25) is 11.8 Å². The highest BCUT2D eigenvalue weighted by molar-refractivity contribution is 7.15. The predicted octanol–water partition coefficient (Wildman–Crippen LogP) is 7.78. The van der Waals surface area contributed by atoms with E-state index in [4.69, 9.17) is 16.6 Å². The molecule has 316 valence electrons. The molecule has 3 amide bonds. The normalized spacial score (nSPS) is 13.4. The van der Waals surface area contributed by atoms with E-state index in [0.29, 0.717) is 38.9 Å². The quantitative estimate of drug-likeness (QED) is 0.102. The molecule has 8 rings (SSSR count). The number of H-pyrrole nitrogens is 1. The first kappa shape index (κ1) is 42.0. The number of aromatic nitrogens is 6. The van der Waals surface area contributed by atoms with Gasteiger partial charge in [-0.1, -0.05) is 35.9 Å². The van der Waals surface area contributed by atoms with E-state index in [2.05, 4.69) is 50.1 Å². The SMILES string of the molecule is Cc1cc(C)c(CNC(=O)c2cc(-c3ccc(NC(=O)CNC(=O)C[C@@H]4N=C(c5ccc(Cl)cc5)c5c(sc(C)c5C)-n5c(C)nnc54)cc3)cc3c2cnn3C(C)C)c(=O)[nH]1. The van der Waals surface area contributed by atoms with Crippen molar-refractivity contribution >= 4 is 63.0 Å². The van der Waals surface area contributed by atoms with Crippen LogP contribution in [0.25, 0.3) is 27.0 Å². The second-order valence-corrected chi connectivity index (χ2v) is 17.4. The van der Waals surface area contributed by atoms with Crippen LogP contribution in [-0.4, -0.2) is 59.5 Å². The summed E-state index contributed by atoms with van der Waals surface area (Å²) in [6.07, 6.45) is 1.62. The number of pyridine rings is 1. The molecule has 0 saturated heterocycles. The summed E-state index contributed by atoms with van der Waals surface area (Å²) >= 11 is 7.87. The number of aromatic amines is 1. The summed E-state index contributed by atoms with van der Waals surface area (Å²) in [5.41, 5.74) is 8.76. The zero-order valence-electron chi connectivity index (χ0n) is 35.3. The lowest BCUT2D eigenvalue weighted by Gasteiger charge is -2.14. The number of aryl methyl sites for hydroxylation is 4. The maximum Gasteiger partial charge on any atom is 0.253 e. The third-order valence-corrected chi connectivity index (χ3v) is 12.5. The van der Waals surface area contributed by atoms with Crippen molar-refractivity contribution in [2.45, 2.75) is 73.5 Å². The van der Waals surface area contributed by atoms with E-state index >= 15 is 0 Å². The van der Waals surface area contributed by atoms with Crippen molar-refractivity contribution in [3.63, 3.8) is 0 Å². The number of anilines is 1. The Morgan fingerprint density at radius 1 is 0.887 bits per heavy atom. The Morgan fingerprint density at radius 3 is 2.32 bits per heavy atom. The molecule has 1 atom stereocenters. The largest absolute Gasteiger partial charge is 0.348 e. The third kappa shape index (κ3) is 8.20. The van der Waals surface area contributed by atoms with Crippen LogP contribution in [0.1, 0.15) is 92.7 Å². The third-order valence-electron chi connectivity index (χ3n) is 11.1. The Balaban J connectivity index is 0.966. The lowest BCUT2D eigenvalue weighted by atomic mass is 9.99. The van der Waals surface area contributed by atoms with Crippen molar-refractivity contribution in [1.82, 2.24) is 40.2 Å². The Labute approximate surface area is 366 Å². The molecule has 62 heavy (non-hydrogen) atoms. The number of rotatable bonds is 11. The van der Waals surface area contributed by atoms with Crippen LogP contribution < -0.4 is 21.5 Å². The molecule has 7 aromatic rings. The van der Waals surface area contributed by atoms with Crippen LogP contribution in [0, 0.1) is 34.6 Å². The highest BCUT2D eigenvalue weighted by Gasteiger charge is 2.32. The first-order valence-corrected chi connectivity index (χ1v) is 21.4. The summed E-state index contributed by atoms with van der Waals surface area (Å²) in [5, 5.41) is 24.2. The van der Waals surface area contributed by atoms with E-state index in [1.54, 1.807) is 35.7 Å². The van der Waals surface area contributed by atoms with Crippen molar-refractivity contribution in [1.29, 1.82) is 0 Å². The highest BCUT2D eigenvalue weighted by Crippen LogP contribution is 2.40. The monoisotopic (exact) mass is 868 g/mol. The van der Waals surface area contributed by atoms with Crippen LogP contribution in [0.4, 0.5) is 5.69 Å². The van der Waals surface area contributed by atoms with Gasteiger partial charge in [0.1, 0.15) is 16.9 Å². The maximum absolute atomic E-state index is 13.7. The van der Waals surface area contributed by atoms with E-state index < -0.39 is 11.9 Å². The molecule has 0 aliphatic carbocycles. The molecule has 0 fully saturated rings. The number of halogens is 1. The van der Waals surface area contributed by atoms with Gasteiger partial charge in [-0.25, -0.2) is 0 Å². The molecule has 1 aliphatic rings. The van der Waals surface area contributed by atoms with Crippen molar-refractivity contribution in [3.05, 3.63) is 144 Å². The molecule has 16 heteroatoms. The van der Waals surface area contributed by atoms with Gasteiger partial charge in [-0.15, -0.1) is 21.5 Å². The summed E-state index contributed by atoms with van der Waals surface area (Å²) in [7, 11) is 0. The van der Waals surface area contributed by atoms with Gasteiger partial charge in [-0.3, -0.25) is 33.4 Å². The van der Waals surface area contributed by atoms with E-state index in [9.17, 15) is 19.2 Å². The molecule has 4 aromatic heterocycles. The molecular weight excluding hydrogens is 824 g/mol. The molecule has 14 nitrogen and oxygen atoms in total. The van der Waals surface area contributed by atoms with Crippen LogP contribution in [-0.2, 0) is 16.1 Å². The van der Waals surface area contributed by atoms with Gasteiger partial charge in [-0.2, -0.15) is 5.10 Å². The fourth-order valence-electron chi connectivity index (χ4n) is 7.79. The van der Waals surface area contributed by atoms with Crippen LogP contribution in [0.3, 0.4) is 0 Å². The number of thiophene rings is 1. The van der Waals surface area contributed by atoms with Crippen LogP contribution in [0.2, 0.25) is 5.02 Å². The number of fused-ring (bicyclic) bond motifs is 4. The summed E-state index contributed by atoms with van der Waals surface area (Å²) in [4.78, 5) is 62.1. The van der Waals surface area contributed by atoms with Gasteiger partial charge in [-0.05, 0) is 113 Å². The van der Waals surface area contributed by atoms with E-state index in [-0.39, 0.29) is 42.9 Å². The first-order chi connectivity index (χ1) is 29.7. The molecule has 0 bridgehead atoms. The summed E-state index contributed by atoms with van der Waals surface area (Å²) in [6, 6.07) is 19.7. The molecule has 0 radical (unpaired) electrons. The minimum Gasteiger partial charge on any atom is -0.348 e. The van der Waals surface area contributed by atoms with Crippen molar-refractivity contribution < 1.29 is 14.4 Å². The van der Waals surface area contributed by atoms with Gasteiger partial charge in [0.05, 0.1) is 36.0 Å². The minimum absolute atomic E-state index is 0.0319. The lowest BCUT2D eigenvalue weighted by Crippen LogP contribution is -2.33. The second-order valence-electron chi connectivity index (χ2n) is 15.8. The molecular formula is C46H45ClN10O4S. The number of aliphatic imine (C=N–C) groups is 1. The zero-order valence-corrected chi connectivity index (χ0v) is 36.9. The van der Waals surface area contributed by atoms with Gasteiger partial charge in [0.25, 0.3) is 11.5 Å². The molecule has 5 heterocycles. The highest BCUT2D eigenvalue weighted by atomic mass is 35.5. The van der Waals surface area contributed by atoms with Gasteiger partial charge >= 0.3 is 0 Å². The van der Waals surface area contributed by atoms with E-state index in [1.807, 2.05) is 92.4 Å². The number of benzene rings is 3. The molecule has 1 aliphatic heterocycles. The fraction of sp³-hybridized carbons (Fsp3) is 0.261. The topological polar surface area (TPSA) is 181 Å². The minimum atomic E-state index is -0.677. The average Bonchev–Trinajstić information content (AvgIpc) is 3.90. The van der Waals surface area contributed by atoms with Crippen molar-refractivity contribution in [2.75, 3.05) is 11.9 Å². The molecule has 0 spiro atoms. The summed E-state index contributed by atoms with van der Waals surface area (Å²) < 4.78 is 3.84. The van der Waals surface area contributed by atoms with E-state index in [0.717, 1.165) is 60.2 Å². The molecule has 3 aromatic carbocycles. The van der Waals surface area contributed by atoms with Gasteiger partial charge in [0.15, 0.2) is 5.82 Å². The fourth-order valence-corrected chi connectivity index (χ4v) is 9.13. The van der Waals surface area contributed by atoms with Crippen LogP contribution in [0.15, 0.2) is 82.7 Å². The Bertz CT molecular complexity index is 3000. The van der Waals surface area contributed by atoms with E-state index in [1.165, 1.54) is 0 Å². The number of hydrogen-bond donors (Lipinski definition) is 4. The van der Waals surface area contributed by atoms with Crippen LogP contribution >= 0.6 is 22.9 Å². The number of hydrogen-bond acceptors (Lipinski definition) is 9. The Kier molecular flexibility index (Phi) is 11.5. The maximum atomic E-state index is 13.7. The standard InChI is InChI=1S/C46H45ClN10O4S/c1-23(2)57-38-18-31(17-34(36(38)21-50-57)44(60)49-20-35-24(3)16-25(4)51-45(35)61)29-10-14-33(15-11-29)52-40(59)22-48-39(58)19-37-43-55-54-28(7)56(43)46-41(26(5)27(6)62-46)42(53-37)30-8-12-32(47)13-9-30/h8-18,21,23,37H,19-20,22H2,1-7H3,(H,48,58)(H,49,60)(H,51,61)(H,52,59)/t37-/m0/s1. The predicted molar refractivity (Wildman–Crippen MR) is 243 cm³/mol. The average molecular weight is 869 g/mol. The van der Waals surface area contributed by atoms with Gasteiger partial charge in [0, 0.05) is 55.9 Å². The lowest BCUT2D eigenvalue weighted by molar-refractivity contribution is -0.124.